The number of rotatable bonds is 1. The third-order valence-electron chi connectivity index (χ3n) is 7.53. The highest BCUT2D eigenvalue weighted by atomic mass is 16.6. The maximum Gasteiger partial charge on any atom is 0.424 e. The Morgan fingerprint density at radius 3 is 2.03 bits per heavy atom. The molecule has 0 atom stereocenters. The first-order valence-corrected chi connectivity index (χ1v) is 11.9. The maximum absolute atomic E-state index is 13.6. The van der Waals surface area contributed by atoms with Crippen LogP contribution in [0.4, 0.5) is 16.2 Å². The highest BCUT2D eigenvalue weighted by molar-refractivity contribution is 6.99. The summed E-state index contributed by atoms with van der Waals surface area (Å²) in [6, 6.07) is 38.0. The molecule has 1 amide bonds. The number of carbonyl (C=O) groups excluding carboxylic acids is 1. The van der Waals surface area contributed by atoms with Gasteiger partial charge in [0.15, 0.2) is 0 Å². The molecule has 6 aromatic rings. The molecule has 0 N–H and O–H groups in total. The summed E-state index contributed by atoms with van der Waals surface area (Å²) in [6.45, 7) is -0.0182. The Hall–Kier alpha value is -4.57. The van der Waals surface area contributed by atoms with E-state index in [2.05, 4.69) is 84.9 Å². The van der Waals surface area contributed by atoms with Crippen LogP contribution >= 0.6 is 0 Å². The maximum atomic E-state index is 13.6. The van der Waals surface area contributed by atoms with Gasteiger partial charge in [0.2, 0.25) is 6.71 Å². The van der Waals surface area contributed by atoms with Crippen molar-refractivity contribution < 1.29 is 9.53 Å². The topological polar surface area (TPSA) is 29.5 Å². The standard InChI is InChI=1S/C31H18BNO2/c34-31-33-29-23-12-4-2-8-20(23)15-17-25(29)32(24-13-5-9-19-7-1-3-11-22(19)24)26-18-16-21-10-6-14-27(35-31)28(21)30(26)33/h1-18H. The molecule has 0 aromatic heterocycles. The molecule has 2 aliphatic heterocycles. The summed E-state index contributed by atoms with van der Waals surface area (Å²) in [7, 11) is 0. The normalized spacial score (nSPS) is 13.9. The summed E-state index contributed by atoms with van der Waals surface area (Å²) in [5, 5.41) is 6.66. The summed E-state index contributed by atoms with van der Waals surface area (Å²) >= 11 is 0. The number of carbonyl (C=O) groups is 1. The molecule has 2 heterocycles. The smallest absolute Gasteiger partial charge is 0.409 e. The van der Waals surface area contributed by atoms with Crippen molar-refractivity contribution in [3.05, 3.63) is 109 Å². The predicted octanol–water partition coefficient (Wildman–Crippen LogP) is 5.63. The molecule has 0 aliphatic carbocycles. The van der Waals surface area contributed by atoms with Gasteiger partial charge in [0.1, 0.15) is 5.75 Å². The van der Waals surface area contributed by atoms with Gasteiger partial charge < -0.3 is 4.74 Å². The van der Waals surface area contributed by atoms with E-state index >= 15 is 0 Å². The van der Waals surface area contributed by atoms with Gasteiger partial charge in [0, 0.05) is 10.8 Å². The van der Waals surface area contributed by atoms with Crippen molar-refractivity contribution in [2.75, 3.05) is 4.90 Å². The second-order valence-electron chi connectivity index (χ2n) is 9.29. The monoisotopic (exact) mass is 447 g/mol. The summed E-state index contributed by atoms with van der Waals surface area (Å²) < 4.78 is 5.90. The number of nitrogens with zero attached hydrogens (tertiary/aromatic N) is 1. The number of benzene rings is 6. The summed E-state index contributed by atoms with van der Waals surface area (Å²) in [6.07, 6.45) is -0.355. The van der Waals surface area contributed by atoms with E-state index in [9.17, 15) is 4.79 Å². The van der Waals surface area contributed by atoms with Crippen LogP contribution in [0.15, 0.2) is 109 Å². The Bertz CT molecular complexity index is 1870. The fourth-order valence-electron chi connectivity index (χ4n) is 6.10. The zero-order valence-corrected chi connectivity index (χ0v) is 18.7. The molecule has 8 rings (SSSR count). The lowest BCUT2D eigenvalue weighted by Gasteiger charge is -2.39. The van der Waals surface area contributed by atoms with Gasteiger partial charge >= 0.3 is 6.09 Å². The highest BCUT2D eigenvalue weighted by Gasteiger charge is 2.42. The van der Waals surface area contributed by atoms with Crippen molar-refractivity contribution in [2.45, 2.75) is 0 Å². The zero-order chi connectivity index (χ0) is 23.1. The van der Waals surface area contributed by atoms with Gasteiger partial charge in [-0.1, -0.05) is 109 Å². The zero-order valence-electron chi connectivity index (χ0n) is 18.7. The van der Waals surface area contributed by atoms with E-state index in [0.717, 1.165) is 43.8 Å². The fourth-order valence-corrected chi connectivity index (χ4v) is 6.10. The van der Waals surface area contributed by atoms with Crippen LogP contribution in [0.5, 0.6) is 5.75 Å². The molecule has 2 aliphatic rings. The first-order chi connectivity index (χ1) is 17.3. The quantitative estimate of drug-likeness (QED) is 0.306. The number of ether oxygens (including phenoxy) is 1. The molecule has 6 aromatic carbocycles. The van der Waals surface area contributed by atoms with E-state index < -0.39 is 0 Å². The minimum atomic E-state index is -0.355. The Morgan fingerprint density at radius 2 is 1.17 bits per heavy atom. The third kappa shape index (κ3) is 2.43. The Morgan fingerprint density at radius 1 is 0.543 bits per heavy atom. The van der Waals surface area contributed by atoms with Gasteiger partial charge in [-0.3, -0.25) is 0 Å². The first kappa shape index (κ1) is 18.8. The lowest BCUT2D eigenvalue weighted by Crippen LogP contribution is -2.59. The van der Waals surface area contributed by atoms with E-state index in [1.54, 1.807) is 0 Å². The van der Waals surface area contributed by atoms with Gasteiger partial charge in [-0.2, -0.15) is 0 Å². The van der Waals surface area contributed by atoms with Crippen molar-refractivity contribution in [3.8, 4) is 5.75 Å². The summed E-state index contributed by atoms with van der Waals surface area (Å²) in [4.78, 5) is 15.4. The van der Waals surface area contributed by atoms with Crippen molar-refractivity contribution >= 4 is 72.9 Å². The van der Waals surface area contributed by atoms with E-state index in [-0.39, 0.29) is 12.8 Å². The number of fused-ring (bicyclic) bond motifs is 5. The van der Waals surface area contributed by atoms with Crippen LogP contribution < -0.4 is 26.0 Å². The minimum absolute atomic E-state index is 0.0182. The second-order valence-corrected chi connectivity index (χ2v) is 9.29. The van der Waals surface area contributed by atoms with Gasteiger partial charge in [-0.05, 0) is 38.5 Å². The summed E-state index contributed by atoms with van der Waals surface area (Å²) in [5.74, 6) is 0.626. The molecule has 0 saturated heterocycles. The van der Waals surface area contributed by atoms with Crippen LogP contribution in [-0.2, 0) is 0 Å². The predicted molar refractivity (Wildman–Crippen MR) is 145 cm³/mol. The first-order valence-electron chi connectivity index (χ1n) is 11.9. The third-order valence-corrected chi connectivity index (χ3v) is 7.53. The number of anilines is 2. The lowest BCUT2D eigenvalue weighted by atomic mass is 9.34. The largest absolute Gasteiger partial charge is 0.424 e. The summed E-state index contributed by atoms with van der Waals surface area (Å²) in [5.41, 5.74) is 5.34. The van der Waals surface area contributed by atoms with Gasteiger partial charge in [-0.25, -0.2) is 9.69 Å². The Balaban J connectivity index is 1.58. The van der Waals surface area contributed by atoms with E-state index in [4.69, 9.17) is 4.74 Å². The van der Waals surface area contributed by atoms with Gasteiger partial charge in [0.25, 0.3) is 0 Å². The minimum Gasteiger partial charge on any atom is -0.409 e. The molecule has 0 spiro atoms. The number of hydrogen-bond acceptors (Lipinski definition) is 2. The van der Waals surface area contributed by atoms with E-state index in [1.165, 1.54) is 16.2 Å². The van der Waals surface area contributed by atoms with Crippen LogP contribution in [0.3, 0.4) is 0 Å². The molecule has 0 bridgehead atoms. The van der Waals surface area contributed by atoms with Gasteiger partial charge in [0.05, 0.1) is 11.4 Å². The molecule has 0 saturated carbocycles. The lowest BCUT2D eigenvalue weighted by molar-refractivity contribution is 0.210. The molecule has 0 unspecified atom stereocenters. The SMILES string of the molecule is O=C1Oc2cccc3ccc4c(c23)N1c1c(ccc2ccccc12)B4c1cccc2ccccc12. The molecule has 0 radical (unpaired) electrons. The molecule has 3 nitrogen and oxygen atoms in total. The van der Waals surface area contributed by atoms with E-state index in [0.29, 0.717) is 5.75 Å². The second kappa shape index (κ2) is 6.74. The van der Waals surface area contributed by atoms with Crippen LogP contribution in [0.2, 0.25) is 0 Å². The molecular weight excluding hydrogens is 429 g/mol. The van der Waals surface area contributed by atoms with Crippen molar-refractivity contribution in [1.29, 1.82) is 0 Å². The van der Waals surface area contributed by atoms with Crippen molar-refractivity contribution in [1.82, 2.24) is 0 Å². The molecule has 4 heteroatoms. The van der Waals surface area contributed by atoms with Crippen LogP contribution in [0.1, 0.15) is 0 Å². The molecule has 0 fully saturated rings. The average molecular weight is 447 g/mol. The average Bonchev–Trinajstić information content (AvgIpc) is 2.91. The van der Waals surface area contributed by atoms with E-state index in [1.807, 2.05) is 29.2 Å². The van der Waals surface area contributed by atoms with Crippen LogP contribution in [-0.4, -0.2) is 12.8 Å². The molecule has 35 heavy (non-hydrogen) atoms. The van der Waals surface area contributed by atoms with Crippen molar-refractivity contribution in [3.63, 3.8) is 0 Å². The van der Waals surface area contributed by atoms with Gasteiger partial charge in [-0.15, -0.1) is 0 Å². The molecular formula is C31H18BNO2. The number of amides is 1. The molecule has 162 valence electrons. The Kier molecular flexibility index (Phi) is 3.62. The van der Waals surface area contributed by atoms with Crippen molar-refractivity contribution in [2.24, 2.45) is 0 Å². The number of hydrogen-bond donors (Lipinski definition) is 0. The van der Waals surface area contributed by atoms with Crippen LogP contribution in [0, 0.1) is 0 Å². The Labute approximate surface area is 202 Å². The van der Waals surface area contributed by atoms with Crippen LogP contribution in [0.25, 0.3) is 32.3 Å². The fraction of sp³-hybridized carbons (Fsp3) is 0. The highest BCUT2D eigenvalue weighted by Crippen LogP contribution is 2.44.